The van der Waals surface area contributed by atoms with Crippen molar-refractivity contribution >= 4 is 23.3 Å². The van der Waals surface area contributed by atoms with Crippen molar-refractivity contribution < 1.29 is 19.4 Å². The summed E-state index contributed by atoms with van der Waals surface area (Å²) < 4.78 is 4.80. The fourth-order valence-corrected chi connectivity index (χ4v) is 2.43. The van der Waals surface area contributed by atoms with Gasteiger partial charge in [-0.15, -0.1) is 0 Å². The van der Waals surface area contributed by atoms with E-state index in [9.17, 15) is 14.7 Å². The number of pyridine rings is 1. The topological polar surface area (TPSA) is 88.5 Å². The lowest BCUT2D eigenvalue weighted by Crippen LogP contribution is -2.11. The number of para-hydroxylation sites is 2. The molecule has 130 valence electrons. The van der Waals surface area contributed by atoms with Gasteiger partial charge in [-0.25, -0.2) is 9.78 Å². The number of aromatic hydroxyl groups is 1. The lowest BCUT2D eigenvalue weighted by atomic mass is 10.0. The Morgan fingerprint density at radius 2 is 1.69 bits per heavy atom. The van der Waals surface area contributed by atoms with E-state index >= 15 is 0 Å². The number of phenols is 1. The number of ether oxygens (including phenoxy) is 1. The van der Waals surface area contributed by atoms with E-state index in [1.165, 1.54) is 31.5 Å². The van der Waals surface area contributed by atoms with Gasteiger partial charge in [0.2, 0.25) is 0 Å². The molecule has 26 heavy (non-hydrogen) atoms. The highest BCUT2D eigenvalue weighted by Crippen LogP contribution is 2.24. The fraction of sp³-hybridized carbons (Fsp3) is 0.0500. The zero-order valence-corrected chi connectivity index (χ0v) is 14.0. The van der Waals surface area contributed by atoms with Crippen LogP contribution in [0.5, 0.6) is 5.75 Å². The monoisotopic (exact) mass is 348 g/mol. The van der Waals surface area contributed by atoms with E-state index in [1.807, 2.05) is 30.3 Å². The van der Waals surface area contributed by atoms with Crippen LogP contribution >= 0.6 is 0 Å². The molecule has 2 aromatic carbocycles. The molecule has 0 aliphatic carbocycles. The van der Waals surface area contributed by atoms with E-state index in [2.05, 4.69) is 10.3 Å². The summed E-state index contributed by atoms with van der Waals surface area (Å²) in [5, 5.41) is 12.9. The standard InChI is InChI=1S/C20H16N2O4/c1-26-20(25)16-11-13(18(24)15-9-5-6-10-17(15)23)12-21-19(16)22-14-7-3-2-4-8-14/h2-12,23H,1H3,(H,21,22). The largest absolute Gasteiger partial charge is 0.507 e. The Morgan fingerprint density at radius 3 is 2.38 bits per heavy atom. The molecule has 1 aromatic heterocycles. The molecule has 0 aliphatic rings. The molecule has 0 aliphatic heterocycles. The van der Waals surface area contributed by atoms with Gasteiger partial charge in [-0.1, -0.05) is 30.3 Å². The van der Waals surface area contributed by atoms with E-state index in [-0.39, 0.29) is 28.3 Å². The van der Waals surface area contributed by atoms with Crippen LogP contribution in [0.25, 0.3) is 0 Å². The summed E-state index contributed by atoms with van der Waals surface area (Å²) in [5.41, 5.74) is 1.17. The lowest BCUT2D eigenvalue weighted by molar-refractivity contribution is 0.0601. The number of carbonyl (C=O) groups is 2. The average Bonchev–Trinajstić information content (AvgIpc) is 2.68. The number of benzene rings is 2. The van der Waals surface area contributed by atoms with E-state index in [4.69, 9.17) is 4.74 Å². The summed E-state index contributed by atoms with van der Waals surface area (Å²) in [7, 11) is 1.26. The highest BCUT2D eigenvalue weighted by atomic mass is 16.5. The van der Waals surface area contributed by atoms with Crippen LogP contribution in [0.15, 0.2) is 66.9 Å². The van der Waals surface area contributed by atoms with Crippen molar-refractivity contribution in [1.29, 1.82) is 0 Å². The van der Waals surface area contributed by atoms with Gasteiger partial charge in [-0.05, 0) is 30.3 Å². The Bertz CT molecular complexity index is 955. The average molecular weight is 348 g/mol. The quantitative estimate of drug-likeness (QED) is 0.541. The van der Waals surface area contributed by atoms with Crippen LogP contribution in [-0.2, 0) is 4.74 Å². The third-order valence-electron chi connectivity index (χ3n) is 3.74. The first kappa shape index (κ1) is 17.2. The van der Waals surface area contributed by atoms with Gasteiger partial charge in [0.1, 0.15) is 17.1 Å². The van der Waals surface area contributed by atoms with Crippen molar-refractivity contribution in [3.8, 4) is 5.75 Å². The molecule has 0 saturated carbocycles. The number of aromatic nitrogens is 1. The second-order valence-corrected chi connectivity index (χ2v) is 5.45. The second-order valence-electron chi connectivity index (χ2n) is 5.45. The lowest BCUT2D eigenvalue weighted by Gasteiger charge is -2.11. The minimum Gasteiger partial charge on any atom is -0.507 e. The number of anilines is 2. The first-order valence-electron chi connectivity index (χ1n) is 7.83. The molecule has 6 nitrogen and oxygen atoms in total. The number of esters is 1. The summed E-state index contributed by atoms with van der Waals surface area (Å²) in [6, 6.07) is 16.8. The zero-order valence-electron chi connectivity index (χ0n) is 14.0. The molecule has 0 atom stereocenters. The van der Waals surface area contributed by atoms with E-state index in [0.717, 1.165) is 5.69 Å². The SMILES string of the molecule is COC(=O)c1cc(C(=O)c2ccccc2O)cnc1Nc1ccccc1. The third kappa shape index (κ3) is 3.54. The normalized spacial score (nSPS) is 10.2. The van der Waals surface area contributed by atoms with E-state index in [1.54, 1.807) is 12.1 Å². The summed E-state index contributed by atoms with van der Waals surface area (Å²) in [4.78, 5) is 29.0. The first-order valence-corrected chi connectivity index (χ1v) is 7.83. The maximum atomic E-state index is 12.6. The number of ketones is 1. The zero-order chi connectivity index (χ0) is 18.5. The molecule has 0 bridgehead atoms. The Morgan fingerprint density at radius 1 is 1.00 bits per heavy atom. The van der Waals surface area contributed by atoms with Crippen LogP contribution in [0.1, 0.15) is 26.3 Å². The summed E-state index contributed by atoms with van der Waals surface area (Å²) in [5.74, 6) is -0.921. The van der Waals surface area contributed by atoms with Gasteiger partial charge in [0.15, 0.2) is 5.78 Å². The number of hydrogen-bond donors (Lipinski definition) is 2. The van der Waals surface area contributed by atoms with Crippen LogP contribution in [-0.4, -0.2) is 29.0 Å². The van der Waals surface area contributed by atoms with Crippen LogP contribution < -0.4 is 5.32 Å². The van der Waals surface area contributed by atoms with Crippen LogP contribution in [0.2, 0.25) is 0 Å². The molecule has 1 heterocycles. The fourth-order valence-electron chi connectivity index (χ4n) is 2.43. The van der Waals surface area contributed by atoms with Gasteiger partial charge in [-0.3, -0.25) is 4.79 Å². The van der Waals surface area contributed by atoms with Gasteiger partial charge in [0.05, 0.1) is 12.7 Å². The smallest absolute Gasteiger partial charge is 0.341 e. The summed E-state index contributed by atoms with van der Waals surface area (Å²) in [6.45, 7) is 0. The number of nitrogens with one attached hydrogen (secondary N) is 1. The van der Waals surface area contributed by atoms with Crippen molar-refractivity contribution in [3.05, 3.63) is 83.6 Å². The van der Waals surface area contributed by atoms with Gasteiger partial charge >= 0.3 is 5.97 Å². The second kappa shape index (κ2) is 7.48. The Kier molecular flexibility index (Phi) is 4.94. The maximum Gasteiger partial charge on any atom is 0.341 e. The van der Waals surface area contributed by atoms with Crippen LogP contribution in [0, 0.1) is 0 Å². The molecule has 0 radical (unpaired) electrons. The molecule has 0 spiro atoms. The van der Waals surface area contributed by atoms with Crippen molar-refractivity contribution in [2.75, 3.05) is 12.4 Å². The minimum atomic E-state index is -0.622. The van der Waals surface area contributed by atoms with Gasteiger partial charge in [0, 0.05) is 17.4 Å². The number of phenolic OH excluding ortho intramolecular Hbond substituents is 1. The molecule has 0 amide bonds. The third-order valence-corrected chi connectivity index (χ3v) is 3.74. The Labute approximate surface area is 150 Å². The van der Waals surface area contributed by atoms with Crippen molar-refractivity contribution in [3.63, 3.8) is 0 Å². The molecule has 2 N–H and O–H groups in total. The van der Waals surface area contributed by atoms with Gasteiger partial charge in [-0.2, -0.15) is 0 Å². The molecule has 3 aromatic rings. The highest BCUT2D eigenvalue weighted by Gasteiger charge is 2.19. The van der Waals surface area contributed by atoms with E-state index in [0.29, 0.717) is 0 Å². The predicted octanol–water partition coefficient (Wildman–Crippen LogP) is 3.55. The van der Waals surface area contributed by atoms with Crippen molar-refractivity contribution in [2.45, 2.75) is 0 Å². The summed E-state index contributed by atoms with van der Waals surface area (Å²) in [6.07, 6.45) is 1.35. The van der Waals surface area contributed by atoms with Gasteiger partial charge < -0.3 is 15.2 Å². The summed E-state index contributed by atoms with van der Waals surface area (Å²) >= 11 is 0. The van der Waals surface area contributed by atoms with Crippen LogP contribution in [0.3, 0.4) is 0 Å². The van der Waals surface area contributed by atoms with Gasteiger partial charge in [0.25, 0.3) is 0 Å². The number of nitrogens with zero attached hydrogens (tertiary/aromatic N) is 1. The minimum absolute atomic E-state index is 0.123. The maximum absolute atomic E-state index is 12.6. The number of rotatable bonds is 5. The van der Waals surface area contributed by atoms with Crippen molar-refractivity contribution in [1.82, 2.24) is 4.98 Å². The number of methoxy groups -OCH3 is 1. The first-order chi connectivity index (χ1) is 12.6. The molecule has 0 unspecified atom stereocenters. The number of hydrogen-bond acceptors (Lipinski definition) is 6. The Hall–Kier alpha value is -3.67. The molecule has 3 rings (SSSR count). The Balaban J connectivity index is 2.00. The molecular formula is C20H16N2O4. The van der Waals surface area contributed by atoms with Crippen LogP contribution in [0.4, 0.5) is 11.5 Å². The highest BCUT2D eigenvalue weighted by molar-refractivity contribution is 6.11. The van der Waals surface area contributed by atoms with E-state index < -0.39 is 11.8 Å². The number of carbonyl (C=O) groups excluding carboxylic acids is 2. The molecular weight excluding hydrogens is 332 g/mol. The molecule has 0 fully saturated rings. The van der Waals surface area contributed by atoms with Crippen molar-refractivity contribution in [2.24, 2.45) is 0 Å². The molecule has 6 heteroatoms. The predicted molar refractivity (Wildman–Crippen MR) is 96.8 cm³/mol. The molecule has 0 saturated heterocycles.